The van der Waals surface area contributed by atoms with E-state index < -0.39 is 0 Å². The maximum absolute atomic E-state index is 12.6. The zero-order chi connectivity index (χ0) is 20.4. The molecule has 1 fully saturated rings. The highest BCUT2D eigenvalue weighted by Gasteiger charge is 2.21. The number of carbonyl (C=O) groups excluding carboxylic acids is 1. The zero-order valence-corrected chi connectivity index (χ0v) is 16.7. The molecule has 0 unspecified atom stereocenters. The number of piperidine rings is 1. The second kappa shape index (κ2) is 8.03. The van der Waals surface area contributed by atoms with Crippen LogP contribution in [0.2, 0.25) is 0 Å². The van der Waals surface area contributed by atoms with Crippen LogP contribution in [0, 0.1) is 12.8 Å². The molecule has 0 aliphatic carbocycles. The van der Waals surface area contributed by atoms with Gasteiger partial charge in [-0.2, -0.15) is 4.98 Å². The Morgan fingerprint density at radius 3 is 2.52 bits per heavy atom. The minimum atomic E-state index is -0.231. The van der Waals surface area contributed by atoms with Crippen molar-refractivity contribution in [3.05, 3.63) is 58.5 Å². The number of rotatable bonds is 4. The molecule has 7 heteroatoms. The van der Waals surface area contributed by atoms with Crippen molar-refractivity contribution in [1.29, 1.82) is 0 Å². The fraction of sp³-hybridized carbons (Fsp3) is 0.364. The van der Waals surface area contributed by atoms with E-state index in [0.29, 0.717) is 23.2 Å². The quantitative estimate of drug-likeness (QED) is 0.681. The summed E-state index contributed by atoms with van der Waals surface area (Å²) in [6.07, 6.45) is 3.62. The predicted octanol–water partition coefficient (Wildman–Crippen LogP) is 3.13. The lowest BCUT2D eigenvalue weighted by Crippen LogP contribution is -2.41. The van der Waals surface area contributed by atoms with Gasteiger partial charge >= 0.3 is 0 Å². The molecule has 3 heterocycles. The molecular weight excluding hydrogens is 368 g/mol. The third kappa shape index (κ3) is 4.29. The van der Waals surface area contributed by atoms with Gasteiger partial charge in [-0.3, -0.25) is 9.59 Å². The van der Waals surface area contributed by atoms with Crippen molar-refractivity contribution in [2.75, 3.05) is 13.1 Å². The standard InChI is InChI=1S/C22H24N4O3/c1-15-3-5-17(6-4-15)21-23-22(29-24-21)18-7-8-19(27)26(13-18)14-20(28)25-11-9-16(2)10-12-25/h3-8,13,16H,9-12,14H2,1-2H3. The number of aromatic nitrogens is 3. The third-order valence-corrected chi connectivity index (χ3v) is 5.41. The Labute approximate surface area is 169 Å². The summed E-state index contributed by atoms with van der Waals surface area (Å²) in [5, 5.41) is 4.04. The van der Waals surface area contributed by atoms with E-state index in [1.54, 1.807) is 12.3 Å². The van der Waals surface area contributed by atoms with Crippen LogP contribution in [0.15, 0.2) is 51.9 Å². The molecule has 0 saturated carbocycles. The highest BCUT2D eigenvalue weighted by Crippen LogP contribution is 2.22. The summed E-state index contributed by atoms with van der Waals surface area (Å²) in [4.78, 5) is 31.1. The molecule has 0 atom stereocenters. The van der Waals surface area contributed by atoms with Crippen LogP contribution in [0.5, 0.6) is 0 Å². The van der Waals surface area contributed by atoms with E-state index in [-0.39, 0.29) is 18.0 Å². The summed E-state index contributed by atoms with van der Waals surface area (Å²) in [5.41, 5.74) is 2.38. The van der Waals surface area contributed by atoms with Gasteiger partial charge in [-0.05, 0) is 31.7 Å². The largest absolute Gasteiger partial charge is 0.341 e. The molecule has 3 aromatic rings. The van der Waals surface area contributed by atoms with Crippen LogP contribution < -0.4 is 5.56 Å². The molecule has 4 rings (SSSR count). The molecule has 1 aromatic carbocycles. The smallest absolute Gasteiger partial charge is 0.259 e. The van der Waals surface area contributed by atoms with Crippen molar-refractivity contribution in [1.82, 2.24) is 19.6 Å². The number of pyridine rings is 1. The van der Waals surface area contributed by atoms with Crippen LogP contribution in [-0.4, -0.2) is 38.6 Å². The third-order valence-electron chi connectivity index (χ3n) is 5.41. The topological polar surface area (TPSA) is 81.2 Å². The maximum Gasteiger partial charge on any atom is 0.259 e. The maximum atomic E-state index is 12.6. The van der Waals surface area contributed by atoms with Gasteiger partial charge in [0, 0.05) is 30.9 Å². The van der Waals surface area contributed by atoms with Gasteiger partial charge in [0.1, 0.15) is 6.54 Å². The van der Waals surface area contributed by atoms with E-state index in [4.69, 9.17) is 4.52 Å². The van der Waals surface area contributed by atoms with Crippen molar-refractivity contribution >= 4 is 5.91 Å². The number of aryl methyl sites for hydroxylation is 1. The summed E-state index contributed by atoms with van der Waals surface area (Å²) in [6, 6.07) is 10.9. The molecular formula is C22H24N4O3. The molecule has 29 heavy (non-hydrogen) atoms. The van der Waals surface area contributed by atoms with Crippen LogP contribution >= 0.6 is 0 Å². The molecule has 0 N–H and O–H groups in total. The molecule has 1 saturated heterocycles. The Bertz CT molecular complexity index is 1060. The fourth-order valence-electron chi connectivity index (χ4n) is 3.45. The number of benzene rings is 1. The second-order valence-corrected chi connectivity index (χ2v) is 7.74. The van der Waals surface area contributed by atoms with Crippen molar-refractivity contribution in [2.45, 2.75) is 33.2 Å². The van der Waals surface area contributed by atoms with Crippen molar-refractivity contribution in [2.24, 2.45) is 5.92 Å². The number of hydrogen-bond donors (Lipinski definition) is 0. The summed E-state index contributed by atoms with van der Waals surface area (Å²) < 4.78 is 6.80. The second-order valence-electron chi connectivity index (χ2n) is 7.74. The van der Waals surface area contributed by atoms with Crippen molar-refractivity contribution < 1.29 is 9.32 Å². The van der Waals surface area contributed by atoms with Gasteiger partial charge in [0.2, 0.25) is 11.7 Å². The Morgan fingerprint density at radius 2 is 1.79 bits per heavy atom. The lowest BCUT2D eigenvalue weighted by molar-refractivity contribution is -0.133. The van der Waals surface area contributed by atoms with Crippen LogP contribution in [0.25, 0.3) is 22.8 Å². The first-order chi connectivity index (χ1) is 14.0. The number of nitrogens with zero attached hydrogens (tertiary/aromatic N) is 4. The van der Waals surface area contributed by atoms with Gasteiger partial charge in [0.15, 0.2) is 0 Å². The molecule has 0 spiro atoms. The van der Waals surface area contributed by atoms with E-state index in [9.17, 15) is 9.59 Å². The van der Waals surface area contributed by atoms with Gasteiger partial charge in [-0.25, -0.2) is 0 Å². The number of likely N-dealkylation sites (tertiary alicyclic amines) is 1. The minimum Gasteiger partial charge on any atom is -0.341 e. The molecule has 0 radical (unpaired) electrons. The lowest BCUT2D eigenvalue weighted by Gasteiger charge is -2.30. The summed E-state index contributed by atoms with van der Waals surface area (Å²) in [6.45, 7) is 5.72. The summed E-state index contributed by atoms with van der Waals surface area (Å²) in [7, 11) is 0. The van der Waals surface area contributed by atoms with Crippen LogP contribution in [0.3, 0.4) is 0 Å². The van der Waals surface area contributed by atoms with Crippen molar-refractivity contribution in [3.8, 4) is 22.8 Å². The number of carbonyl (C=O) groups is 1. The van der Waals surface area contributed by atoms with E-state index in [1.807, 2.05) is 36.1 Å². The first-order valence-corrected chi connectivity index (χ1v) is 9.89. The van der Waals surface area contributed by atoms with Gasteiger partial charge in [-0.15, -0.1) is 0 Å². The molecule has 1 aliphatic rings. The first kappa shape index (κ1) is 19.1. The first-order valence-electron chi connectivity index (χ1n) is 9.89. The highest BCUT2D eigenvalue weighted by atomic mass is 16.5. The summed E-state index contributed by atoms with van der Waals surface area (Å²) >= 11 is 0. The number of hydrogen-bond acceptors (Lipinski definition) is 5. The molecule has 0 bridgehead atoms. The fourth-order valence-corrected chi connectivity index (χ4v) is 3.45. The highest BCUT2D eigenvalue weighted by molar-refractivity contribution is 5.76. The van der Waals surface area contributed by atoms with Crippen molar-refractivity contribution in [3.63, 3.8) is 0 Å². The Kier molecular flexibility index (Phi) is 5.29. The van der Waals surface area contributed by atoms with Crippen LogP contribution in [-0.2, 0) is 11.3 Å². The Hall–Kier alpha value is -3.22. The SMILES string of the molecule is Cc1ccc(-c2noc(-c3ccc(=O)n(CC(=O)N4CCC(C)CC4)c3)n2)cc1. The van der Waals surface area contributed by atoms with E-state index >= 15 is 0 Å². The molecule has 1 amide bonds. The van der Waals surface area contributed by atoms with Gasteiger partial charge in [-0.1, -0.05) is 41.9 Å². The Balaban J connectivity index is 1.53. The monoisotopic (exact) mass is 392 g/mol. The van der Waals surface area contributed by atoms with Gasteiger partial charge in [0.25, 0.3) is 11.4 Å². The van der Waals surface area contributed by atoms with E-state index in [0.717, 1.165) is 37.1 Å². The summed E-state index contributed by atoms with van der Waals surface area (Å²) in [5.74, 6) is 1.40. The van der Waals surface area contributed by atoms with Gasteiger partial charge < -0.3 is 14.0 Å². The predicted molar refractivity (Wildman–Crippen MR) is 109 cm³/mol. The normalized spacial score (nSPS) is 14.9. The minimum absolute atomic E-state index is 0.0139. The average molecular weight is 392 g/mol. The average Bonchev–Trinajstić information content (AvgIpc) is 3.21. The van der Waals surface area contributed by atoms with Gasteiger partial charge in [0.05, 0.1) is 5.56 Å². The molecule has 7 nitrogen and oxygen atoms in total. The van der Waals surface area contributed by atoms with E-state index in [2.05, 4.69) is 17.1 Å². The number of amides is 1. The molecule has 2 aromatic heterocycles. The van der Waals surface area contributed by atoms with E-state index in [1.165, 1.54) is 10.6 Å². The lowest BCUT2D eigenvalue weighted by atomic mass is 9.99. The molecule has 1 aliphatic heterocycles. The zero-order valence-electron chi connectivity index (χ0n) is 16.7. The Morgan fingerprint density at radius 1 is 1.10 bits per heavy atom. The molecule has 150 valence electrons. The van der Waals surface area contributed by atoms with Crippen LogP contribution in [0.1, 0.15) is 25.3 Å². The van der Waals surface area contributed by atoms with Crippen LogP contribution in [0.4, 0.5) is 0 Å².